The predicted molar refractivity (Wildman–Crippen MR) is 111 cm³/mol. The number of hydrogen-bond acceptors (Lipinski definition) is 6. The summed E-state index contributed by atoms with van der Waals surface area (Å²) in [4.78, 5) is 25.6. The van der Waals surface area contributed by atoms with Gasteiger partial charge in [-0.05, 0) is 50.6 Å². The van der Waals surface area contributed by atoms with Gasteiger partial charge in [0.25, 0.3) is 0 Å². The van der Waals surface area contributed by atoms with Crippen molar-refractivity contribution in [3.05, 3.63) is 70.1 Å². The second-order valence-corrected chi connectivity index (χ2v) is 7.87. The third kappa shape index (κ3) is 3.70. The minimum absolute atomic E-state index is 0.408. The highest BCUT2D eigenvalue weighted by atomic mass is 16.6. The van der Waals surface area contributed by atoms with Crippen LogP contribution in [0.3, 0.4) is 0 Å². The second-order valence-electron chi connectivity index (χ2n) is 7.87. The number of ether oxygens (including phenoxy) is 2. The molecule has 1 aromatic carbocycles. The van der Waals surface area contributed by atoms with E-state index in [0.717, 1.165) is 16.5 Å². The zero-order valence-corrected chi connectivity index (χ0v) is 17.3. The fourth-order valence-electron chi connectivity index (χ4n) is 3.55. The van der Waals surface area contributed by atoms with Gasteiger partial charge < -0.3 is 18.3 Å². The van der Waals surface area contributed by atoms with Crippen LogP contribution in [-0.2, 0) is 11.2 Å². The maximum atomic E-state index is 12.6. The molecule has 0 spiro atoms. The van der Waals surface area contributed by atoms with Gasteiger partial charge in [-0.2, -0.15) is 0 Å². The number of furan rings is 1. The van der Waals surface area contributed by atoms with Crippen molar-refractivity contribution >= 4 is 23.1 Å². The lowest BCUT2D eigenvalue weighted by molar-refractivity contribution is -0.0548. The predicted octanol–water partition coefficient (Wildman–Crippen LogP) is 4.52. The minimum atomic E-state index is -0.760. The van der Waals surface area contributed by atoms with Gasteiger partial charge in [-0.3, -0.25) is 4.90 Å². The van der Waals surface area contributed by atoms with Crippen LogP contribution in [0.25, 0.3) is 17.0 Å². The van der Waals surface area contributed by atoms with Crippen LogP contribution in [0.4, 0.5) is 4.79 Å². The Bertz CT molecular complexity index is 1170. The van der Waals surface area contributed by atoms with E-state index in [4.69, 9.17) is 18.3 Å². The monoisotopic (exact) mass is 409 g/mol. The van der Waals surface area contributed by atoms with Crippen LogP contribution in [0.5, 0.6) is 5.75 Å². The number of carbonyl (C=O) groups excluding carboxylic acids is 1. The molecule has 0 saturated carbocycles. The highest BCUT2D eigenvalue weighted by Crippen LogP contribution is 2.39. The number of rotatable bonds is 3. The van der Waals surface area contributed by atoms with Gasteiger partial charge in [-0.1, -0.05) is 0 Å². The molecule has 0 radical (unpaired) electrons. The van der Waals surface area contributed by atoms with Gasteiger partial charge in [0, 0.05) is 42.8 Å². The molecule has 0 N–H and O–H groups in total. The molecular formula is C23H23NO6. The minimum Gasteiger partial charge on any atom is -0.484 e. The van der Waals surface area contributed by atoms with Crippen molar-refractivity contribution in [1.82, 2.24) is 4.90 Å². The number of carbonyl (C=O) groups is 1. The van der Waals surface area contributed by atoms with Crippen LogP contribution in [0.15, 0.2) is 56.4 Å². The Morgan fingerprint density at radius 2 is 2.10 bits per heavy atom. The summed E-state index contributed by atoms with van der Waals surface area (Å²) < 4.78 is 22.5. The molecule has 2 aromatic heterocycles. The summed E-state index contributed by atoms with van der Waals surface area (Å²) in [7, 11) is 1.62. The van der Waals surface area contributed by atoms with Crippen LogP contribution in [0, 0.1) is 6.92 Å². The molecular weight excluding hydrogens is 386 g/mol. The molecule has 3 aromatic rings. The van der Waals surface area contributed by atoms with Gasteiger partial charge in [-0.15, -0.1) is 0 Å². The average Bonchev–Trinajstić information content (AvgIpc) is 3.20. The molecule has 1 aliphatic rings. The Hall–Kier alpha value is -3.48. The number of aryl methyl sites for hydroxylation is 1. The van der Waals surface area contributed by atoms with E-state index in [0.29, 0.717) is 23.5 Å². The highest BCUT2D eigenvalue weighted by molar-refractivity contribution is 5.84. The van der Waals surface area contributed by atoms with Crippen molar-refractivity contribution in [3.63, 3.8) is 0 Å². The summed E-state index contributed by atoms with van der Waals surface area (Å²) in [6, 6.07) is 8.43. The second kappa shape index (κ2) is 7.40. The number of benzene rings is 1. The SMILES string of the molecule is Cc1c2c(cc3oc(=O)ccc13)OC(C)(C)[C@@H](OC(=O)N(C)/C=C/c1ccco1)C2. The van der Waals surface area contributed by atoms with Gasteiger partial charge >= 0.3 is 11.7 Å². The topological polar surface area (TPSA) is 82.1 Å². The molecule has 0 unspecified atom stereocenters. The molecule has 3 heterocycles. The van der Waals surface area contributed by atoms with E-state index in [1.807, 2.05) is 20.8 Å². The van der Waals surface area contributed by atoms with Crippen molar-refractivity contribution in [1.29, 1.82) is 0 Å². The third-order valence-electron chi connectivity index (χ3n) is 5.35. The Balaban J connectivity index is 1.58. The molecule has 0 bridgehead atoms. The van der Waals surface area contributed by atoms with Crippen LogP contribution >= 0.6 is 0 Å². The van der Waals surface area contributed by atoms with Gasteiger partial charge in [0.15, 0.2) is 0 Å². The zero-order chi connectivity index (χ0) is 21.5. The smallest absolute Gasteiger partial charge is 0.413 e. The lowest BCUT2D eigenvalue weighted by Gasteiger charge is -2.40. The van der Waals surface area contributed by atoms with Crippen molar-refractivity contribution in [3.8, 4) is 5.75 Å². The van der Waals surface area contributed by atoms with Gasteiger partial charge in [0.05, 0.1) is 6.26 Å². The van der Waals surface area contributed by atoms with Crippen molar-refractivity contribution < 1.29 is 23.1 Å². The van der Waals surface area contributed by atoms with E-state index < -0.39 is 23.4 Å². The summed E-state index contributed by atoms with van der Waals surface area (Å²) in [5, 5.41) is 0.834. The first-order valence-electron chi connectivity index (χ1n) is 9.65. The molecule has 0 aliphatic carbocycles. The van der Waals surface area contributed by atoms with Gasteiger partial charge in [-0.25, -0.2) is 9.59 Å². The summed E-state index contributed by atoms with van der Waals surface area (Å²) in [6.07, 6.45) is 4.34. The van der Waals surface area contributed by atoms with E-state index in [-0.39, 0.29) is 0 Å². The molecule has 7 heteroatoms. The van der Waals surface area contributed by atoms with Crippen LogP contribution < -0.4 is 10.4 Å². The summed E-state index contributed by atoms with van der Waals surface area (Å²) in [6.45, 7) is 5.68. The first kappa shape index (κ1) is 19.8. The molecule has 1 atom stereocenters. The number of hydrogen-bond donors (Lipinski definition) is 0. The maximum Gasteiger partial charge on any atom is 0.413 e. The van der Waals surface area contributed by atoms with Crippen LogP contribution in [0.1, 0.15) is 30.7 Å². The lowest BCUT2D eigenvalue weighted by atomic mass is 9.88. The van der Waals surface area contributed by atoms with E-state index >= 15 is 0 Å². The van der Waals surface area contributed by atoms with E-state index in [9.17, 15) is 9.59 Å². The van der Waals surface area contributed by atoms with Crippen molar-refractivity contribution in [2.45, 2.75) is 38.9 Å². The summed E-state index contributed by atoms with van der Waals surface area (Å²) in [5.41, 5.74) is 1.18. The number of nitrogens with zero attached hydrogens (tertiary/aromatic N) is 1. The first-order chi connectivity index (χ1) is 14.2. The van der Waals surface area contributed by atoms with E-state index in [1.165, 1.54) is 11.0 Å². The standard InChI is InChI=1S/C23H23NO6/c1-14-16-7-8-21(25)28-18(16)13-19-17(14)12-20(23(2,3)30-19)29-22(26)24(4)10-9-15-6-5-11-27-15/h5-11,13,20H,12H2,1-4H3/b10-9+/t20-/m0/s1. The molecule has 30 heavy (non-hydrogen) atoms. The molecule has 1 amide bonds. The highest BCUT2D eigenvalue weighted by Gasteiger charge is 2.41. The molecule has 7 nitrogen and oxygen atoms in total. The van der Waals surface area contributed by atoms with Crippen molar-refractivity contribution in [2.24, 2.45) is 0 Å². The summed E-state index contributed by atoms with van der Waals surface area (Å²) in [5.74, 6) is 1.27. The first-order valence-corrected chi connectivity index (χ1v) is 9.65. The molecule has 0 saturated heterocycles. The number of fused-ring (bicyclic) bond motifs is 2. The van der Waals surface area contributed by atoms with E-state index in [1.54, 1.807) is 49.9 Å². The summed E-state index contributed by atoms with van der Waals surface area (Å²) >= 11 is 0. The van der Waals surface area contributed by atoms with Gasteiger partial charge in [0.2, 0.25) is 0 Å². The quantitative estimate of drug-likeness (QED) is 0.592. The number of amides is 1. The lowest BCUT2D eigenvalue weighted by Crippen LogP contribution is -2.50. The van der Waals surface area contributed by atoms with E-state index in [2.05, 4.69) is 0 Å². The van der Waals surface area contributed by atoms with Crippen LogP contribution in [0.2, 0.25) is 0 Å². The molecule has 1 aliphatic heterocycles. The van der Waals surface area contributed by atoms with Crippen LogP contribution in [-0.4, -0.2) is 29.7 Å². The Morgan fingerprint density at radius 3 is 2.83 bits per heavy atom. The fourth-order valence-corrected chi connectivity index (χ4v) is 3.55. The average molecular weight is 409 g/mol. The van der Waals surface area contributed by atoms with Crippen molar-refractivity contribution in [2.75, 3.05) is 7.05 Å². The Kier molecular flexibility index (Phi) is 4.89. The Morgan fingerprint density at radius 1 is 1.30 bits per heavy atom. The molecule has 156 valence electrons. The molecule has 4 rings (SSSR count). The Labute approximate surface area is 173 Å². The maximum absolute atomic E-state index is 12.6. The normalized spacial score (nSPS) is 17.5. The third-order valence-corrected chi connectivity index (χ3v) is 5.35. The zero-order valence-electron chi connectivity index (χ0n) is 17.3. The fraction of sp³-hybridized carbons (Fsp3) is 0.304. The van der Waals surface area contributed by atoms with Gasteiger partial charge in [0.1, 0.15) is 28.8 Å². The largest absolute Gasteiger partial charge is 0.484 e. The molecule has 0 fully saturated rings.